The molecule has 0 saturated heterocycles. The Morgan fingerprint density at radius 1 is 1.43 bits per heavy atom. The van der Waals surface area contributed by atoms with Gasteiger partial charge in [0.2, 0.25) is 0 Å². The molecule has 0 heterocycles. The predicted octanol–water partition coefficient (Wildman–Crippen LogP) is 3.03. The average molecular weight is 190 g/mol. The van der Waals surface area contributed by atoms with Crippen LogP contribution in [0.4, 0.5) is 0 Å². The summed E-state index contributed by atoms with van der Waals surface area (Å²) in [7, 11) is 0. The quantitative estimate of drug-likeness (QED) is 0.773. The minimum absolute atomic E-state index is 0.262. The molecule has 0 amide bonds. The zero-order valence-corrected chi connectivity index (χ0v) is 8.90. The molecule has 1 heteroatoms. The van der Waals surface area contributed by atoms with Gasteiger partial charge in [-0.25, -0.2) is 0 Å². The van der Waals surface area contributed by atoms with E-state index in [-0.39, 0.29) is 6.61 Å². The Labute approximate surface area is 86.1 Å². The molecule has 1 N–H and O–H groups in total. The number of hydrogen-bond donors (Lipinski definition) is 1. The molecule has 0 aliphatic carbocycles. The van der Waals surface area contributed by atoms with E-state index in [0.29, 0.717) is 5.92 Å². The number of hydrogen-bond acceptors (Lipinski definition) is 1. The Hall–Kier alpha value is -1.08. The van der Waals surface area contributed by atoms with Crippen molar-refractivity contribution in [1.82, 2.24) is 0 Å². The van der Waals surface area contributed by atoms with E-state index < -0.39 is 0 Å². The third-order valence-corrected chi connectivity index (χ3v) is 2.20. The van der Waals surface area contributed by atoms with Gasteiger partial charge in [0.25, 0.3) is 0 Å². The first-order chi connectivity index (χ1) is 6.72. The van der Waals surface area contributed by atoms with Gasteiger partial charge in [-0.2, -0.15) is 0 Å². The first kappa shape index (κ1) is 11.0. The highest BCUT2D eigenvalue weighted by Gasteiger charge is 1.94. The molecule has 1 nitrogen and oxygen atoms in total. The van der Waals surface area contributed by atoms with Crippen LogP contribution in [0.2, 0.25) is 0 Å². The molecule has 0 spiro atoms. The monoisotopic (exact) mass is 190 g/mol. The smallest absolute Gasteiger partial charge is 0.0459 e. The molecular formula is C13H18O. The average Bonchev–Trinajstić information content (AvgIpc) is 2.17. The van der Waals surface area contributed by atoms with Crippen LogP contribution >= 0.6 is 0 Å². The van der Waals surface area contributed by atoms with Crippen LogP contribution < -0.4 is 0 Å². The van der Waals surface area contributed by atoms with E-state index in [4.69, 9.17) is 5.11 Å². The molecule has 0 aliphatic heterocycles. The van der Waals surface area contributed by atoms with Gasteiger partial charge in [-0.05, 0) is 24.8 Å². The summed E-state index contributed by atoms with van der Waals surface area (Å²) in [5.74, 6) is 0.357. The lowest BCUT2D eigenvalue weighted by molar-refractivity contribution is 0.239. The van der Waals surface area contributed by atoms with Gasteiger partial charge in [-0.3, -0.25) is 0 Å². The zero-order valence-electron chi connectivity index (χ0n) is 8.90. The molecule has 0 saturated carbocycles. The second-order valence-corrected chi connectivity index (χ2v) is 3.84. The van der Waals surface area contributed by atoms with E-state index in [0.717, 1.165) is 6.42 Å². The number of aliphatic hydroxyl groups excluding tert-OH is 1. The SMILES string of the molecule is Cc1cccc(/C=C/C[C@@H](C)CO)c1. The Morgan fingerprint density at radius 2 is 2.21 bits per heavy atom. The molecule has 1 aromatic rings. The summed E-state index contributed by atoms with van der Waals surface area (Å²) < 4.78 is 0. The maximum Gasteiger partial charge on any atom is 0.0459 e. The largest absolute Gasteiger partial charge is 0.396 e. The molecule has 0 radical (unpaired) electrons. The fraction of sp³-hybridized carbons (Fsp3) is 0.385. The highest BCUT2D eigenvalue weighted by atomic mass is 16.3. The standard InChI is InChI=1S/C13H18O/c1-11-5-3-7-13(9-11)8-4-6-12(2)10-14/h3-5,7-9,12,14H,6,10H2,1-2H3/b8-4+/t12-/m1/s1. The van der Waals surface area contributed by atoms with Crippen molar-refractivity contribution in [1.29, 1.82) is 0 Å². The van der Waals surface area contributed by atoms with Crippen molar-refractivity contribution >= 4 is 6.08 Å². The minimum Gasteiger partial charge on any atom is -0.396 e. The molecular weight excluding hydrogens is 172 g/mol. The van der Waals surface area contributed by atoms with Crippen LogP contribution in [0.15, 0.2) is 30.3 Å². The lowest BCUT2D eigenvalue weighted by Gasteiger charge is -2.01. The molecule has 0 fully saturated rings. The summed E-state index contributed by atoms with van der Waals surface area (Å²) in [6.07, 6.45) is 5.17. The first-order valence-electron chi connectivity index (χ1n) is 5.06. The van der Waals surface area contributed by atoms with Crippen molar-refractivity contribution in [2.24, 2.45) is 5.92 Å². The van der Waals surface area contributed by atoms with Gasteiger partial charge in [0.15, 0.2) is 0 Å². The van der Waals surface area contributed by atoms with Crippen LogP contribution in [0.25, 0.3) is 6.08 Å². The van der Waals surface area contributed by atoms with Crippen LogP contribution in [-0.2, 0) is 0 Å². The van der Waals surface area contributed by atoms with Gasteiger partial charge < -0.3 is 5.11 Å². The van der Waals surface area contributed by atoms with E-state index in [1.165, 1.54) is 11.1 Å². The molecule has 14 heavy (non-hydrogen) atoms. The van der Waals surface area contributed by atoms with Crippen LogP contribution in [0.5, 0.6) is 0 Å². The summed E-state index contributed by atoms with van der Waals surface area (Å²) in [5, 5.41) is 8.84. The number of aliphatic hydroxyl groups is 1. The number of benzene rings is 1. The van der Waals surface area contributed by atoms with Crippen molar-refractivity contribution in [2.75, 3.05) is 6.61 Å². The Balaban J connectivity index is 2.51. The first-order valence-corrected chi connectivity index (χ1v) is 5.06. The van der Waals surface area contributed by atoms with Crippen molar-refractivity contribution in [3.63, 3.8) is 0 Å². The van der Waals surface area contributed by atoms with Crippen LogP contribution in [0.1, 0.15) is 24.5 Å². The van der Waals surface area contributed by atoms with Gasteiger partial charge in [-0.15, -0.1) is 0 Å². The summed E-state index contributed by atoms with van der Waals surface area (Å²) in [4.78, 5) is 0. The topological polar surface area (TPSA) is 20.2 Å². The Morgan fingerprint density at radius 3 is 2.86 bits per heavy atom. The van der Waals surface area contributed by atoms with Crippen LogP contribution in [0.3, 0.4) is 0 Å². The molecule has 0 aliphatic rings. The van der Waals surface area contributed by atoms with Crippen LogP contribution in [0, 0.1) is 12.8 Å². The van der Waals surface area contributed by atoms with E-state index in [1.807, 2.05) is 6.92 Å². The van der Waals surface area contributed by atoms with E-state index in [1.54, 1.807) is 0 Å². The van der Waals surface area contributed by atoms with Gasteiger partial charge in [0, 0.05) is 6.61 Å². The maximum absolute atomic E-state index is 8.84. The minimum atomic E-state index is 0.262. The molecule has 0 unspecified atom stereocenters. The third kappa shape index (κ3) is 3.75. The molecule has 0 aromatic heterocycles. The van der Waals surface area contributed by atoms with Crippen molar-refractivity contribution in [3.05, 3.63) is 41.5 Å². The molecule has 1 aromatic carbocycles. The molecule has 1 atom stereocenters. The number of rotatable bonds is 4. The van der Waals surface area contributed by atoms with Crippen molar-refractivity contribution in [3.8, 4) is 0 Å². The van der Waals surface area contributed by atoms with Gasteiger partial charge in [-0.1, -0.05) is 48.9 Å². The third-order valence-electron chi connectivity index (χ3n) is 2.20. The van der Waals surface area contributed by atoms with E-state index in [9.17, 15) is 0 Å². The van der Waals surface area contributed by atoms with Crippen molar-refractivity contribution < 1.29 is 5.11 Å². The lowest BCUT2D eigenvalue weighted by Crippen LogP contribution is -1.97. The summed E-state index contributed by atoms with van der Waals surface area (Å²) in [6, 6.07) is 8.39. The van der Waals surface area contributed by atoms with Crippen LogP contribution in [-0.4, -0.2) is 11.7 Å². The van der Waals surface area contributed by atoms with E-state index >= 15 is 0 Å². The summed E-state index contributed by atoms with van der Waals surface area (Å²) >= 11 is 0. The Bertz CT molecular complexity index is 302. The zero-order chi connectivity index (χ0) is 10.4. The van der Waals surface area contributed by atoms with Gasteiger partial charge in [0.05, 0.1) is 0 Å². The van der Waals surface area contributed by atoms with Gasteiger partial charge in [0.1, 0.15) is 0 Å². The lowest BCUT2D eigenvalue weighted by atomic mass is 10.1. The maximum atomic E-state index is 8.84. The predicted molar refractivity (Wildman–Crippen MR) is 61.1 cm³/mol. The molecule has 0 bridgehead atoms. The second-order valence-electron chi connectivity index (χ2n) is 3.84. The summed E-state index contributed by atoms with van der Waals surface area (Å²) in [5.41, 5.74) is 2.51. The molecule has 76 valence electrons. The summed E-state index contributed by atoms with van der Waals surface area (Å²) in [6.45, 7) is 4.40. The fourth-order valence-corrected chi connectivity index (χ4v) is 1.28. The molecule has 1 rings (SSSR count). The van der Waals surface area contributed by atoms with E-state index in [2.05, 4.69) is 43.3 Å². The normalized spacial score (nSPS) is 13.4. The number of allylic oxidation sites excluding steroid dienone is 1. The van der Waals surface area contributed by atoms with Crippen molar-refractivity contribution in [2.45, 2.75) is 20.3 Å². The Kier molecular flexibility index (Phi) is 4.41. The van der Waals surface area contributed by atoms with Gasteiger partial charge >= 0.3 is 0 Å². The number of aryl methyl sites for hydroxylation is 1. The highest BCUT2D eigenvalue weighted by Crippen LogP contribution is 2.08. The highest BCUT2D eigenvalue weighted by molar-refractivity contribution is 5.50. The second kappa shape index (κ2) is 5.61. The fourth-order valence-electron chi connectivity index (χ4n) is 1.28.